The molecule has 0 aromatic heterocycles. The Bertz CT molecular complexity index is 192. The van der Waals surface area contributed by atoms with E-state index in [9.17, 15) is 0 Å². The normalized spacial score (nSPS) is 28.9. The molecule has 0 N–H and O–H groups in total. The Morgan fingerprint density at radius 1 is 0.462 bits per heavy atom. The van der Waals surface area contributed by atoms with Crippen LogP contribution in [-0.4, -0.2) is 0 Å². The minimum atomic E-state index is 1.09. The molecule has 0 saturated carbocycles. The largest absolute Gasteiger partial charge is 0.0879 e. The van der Waals surface area contributed by atoms with E-state index in [0.29, 0.717) is 0 Å². The van der Waals surface area contributed by atoms with Gasteiger partial charge in [0, 0.05) is 0 Å². The lowest BCUT2D eigenvalue weighted by Gasteiger charge is -1.85. The molecule has 0 radical (unpaired) electrons. The highest BCUT2D eigenvalue weighted by atomic mass is 13.9. The lowest BCUT2D eigenvalue weighted by Crippen LogP contribution is -1.64. The van der Waals surface area contributed by atoms with E-state index in [2.05, 4.69) is 48.6 Å². The van der Waals surface area contributed by atoms with Crippen molar-refractivity contribution >= 4 is 0 Å². The zero-order valence-electron chi connectivity index (χ0n) is 8.15. The Morgan fingerprint density at radius 2 is 0.923 bits per heavy atom. The standard InChI is InChI=1S/C13H18/c1-2-4-6-8-10-12-13-11-9-7-5-3-1/h1-4,9-12H,5-8,13H2/b3-1-,4-2+,11-9-,12-10-. The maximum absolute atomic E-state index is 2.26. The van der Waals surface area contributed by atoms with E-state index < -0.39 is 0 Å². The van der Waals surface area contributed by atoms with E-state index in [4.69, 9.17) is 0 Å². The van der Waals surface area contributed by atoms with Gasteiger partial charge in [0.05, 0.1) is 0 Å². The average Bonchev–Trinajstić information content (AvgIpc) is 2.18. The van der Waals surface area contributed by atoms with Gasteiger partial charge < -0.3 is 0 Å². The summed E-state index contributed by atoms with van der Waals surface area (Å²) in [6, 6.07) is 0. The van der Waals surface area contributed by atoms with Crippen LogP contribution >= 0.6 is 0 Å². The van der Waals surface area contributed by atoms with Crippen LogP contribution in [-0.2, 0) is 0 Å². The first-order chi connectivity index (χ1) is 6.50. The second-order valence-corrected chi connectivity index (χ2v) is 3.19. The monoisotopic (exact) mass is 174 g/mol. The summed E-state index contributed by atoms with van der Waals surface area (Å²) in [6.45, 7) is 0. The van der Waals surface area contributed by atoms with Gasteiger partial charge in [-0.25, -0.2) is 0 Å². The Morgan fingerprint density at radius 3 is 1.46 bits per heavy atom. The van der Waals surface area contributed by atoms with Gasteiger partial charge in [0.25, 0.3) is 0 Å². The van der Waals surface area contributed by atoms with Gasteiger partial charge in [-0.3, -0.25) is 0 Å². The molecule has 0 aliphatic heterocycles. The van der Waals surface area contributed by atoms with Gasteiger partial charge in [0.2, 0.25) is 0 Å². The Hall–Kier alpha value is -1.04. The average molecular weight is 174 g/mol. The first kappa shape index (κ1) is 10.0. The molecule has 0 spiro atoms. The Labute approximate surface area is 81.4 Å². The van der Waals surface area contributed by atoms with Crippen molar-refractivity contribution in [1.82, 2.24) is 0 Å². The Balaban J connectivity index is 2.38. The van der Waals surface area contributed by atoms with Crippen LogP contribution in [0.4, 0.5) is 0 Å². The topological polar surface area (TPSA) is 0 Å². The summed E-state index contributed by atoms with van der Waals surface area (Å²) in [6.07, 6.45) is 23.5. The van der Waals surface area contributed by atoms with E-state index >= 15 is 0 Å². The van der Waals surface area contributed by atoms with E-state index in [0.717, 1.165) is 32.1 Å². The molecule has 0 saturated heterocycles. The molecule has 1 rings (SSSR count). The highest BCUT2D eigenvalue weighted by molar-refractivity contribution is 5.04. The van der Waals surface area contributed by atoms with Crippen LogP contribution in [0.25, 0.3) is 0 Å². The van der Waals surface area contributed by atoms with Crippen LogP contribution in [0.3, 0.4) is 0 Å². The summed E-state index contributed by atoms with van der Waals surface area (Å²) in [5, 5.41) is 0. The predicted octanol–water partition coefficient (Wildman–Crippen LogP) is 4.18. The lowest BCUT2D eigenvalue weighted by atomic mass is 10.2. The third-order valence-corrected chi connectivity index (χ3v) is 1.99. The first-order valence-electron chi connectivity index (χ1n) is 5.12. The summed E-state index contributed by atoms with van der Waals surface area (Å²) in [7, 11) is 0. The van der Waals surface area contributed by atoms with Crippen LogP contribution in [0, 0.1) is 0 Å². The molecule has 0 fully saturated rings. The van der Waals surface area contributed by atoms with Gasteiger partial charge in [-0.15, -0.1) is 0 Å². The van der Waals surface area contributed by atoms with Crippen molar-refractivity contribution in [1.29, 1.82) is 0 Å². The van der Waals surface area contributed by atoms with Crippen molar-refractivity contribution in [2.45, 2.75) is 32.1 Å². The molecule has 0 atom stereocenters. The molecule has 1 aliphatic rings. The molecule has 0 aromatic carbocycles. The fraction of sp³-hybridized carbons (Fsp3) is 0.385. The van der Waals surface area contributed by atoms with Crippen LogP contribution < -0.4 is 0 Å². The van der Waals surface area contributed by atoms with Crippen molar-refractivity contribution in [3.05, 3.63) is 48.6 Å². The second kappa shape index (κ2) is 7.60. The van der Waals surface area contributed by atoms with E-state index in [1.54, 1.807) is 0 Å². The fourth-order valence-electron chi connectivity index (χ4n) is 1.24. The van der Waals surface area contributed by atoms with Crippen molar-refractivity contribution in [3.8, 4) is 0 Å². The molecule has 0 amide bonds. The predicted molar refractivity (Wildman–Crippen MR) is 59.6 cm³/mol. The molecule has 0 bridgehead atoms. The van der Waals surface area contributed by atoms with Gasteiger partial charge in [-0.1, -0.05) is 48.6 Å². The zero-order valence-corrected chi connectivity index (χ0v) is 8.15. The number of allylic oxidation sites excluding steroid dienone is 8. The first-order valence-corrected chi connectivity index (χ1v) is 5.12. The minimum Gasteiger partial charge on any atom is -0.0879 e. The molecular formula is C13H18. The minimum absolute atomic E-state index is 1.09. The molecule has 0 heteroatoms. The molecule has 0 aromatic rings. The summed E-state index contributed by atoms with van der Waals surface area (Å²) in [5.74, 6) is 0. The van der Waals surface area contributed by atoms with Crippen LogP contribution in [0.1, 0.15) is 32.1 Å². The maximum atomic E-state index is 2.26. The molecule has 1 aliphatic carbocycles. The third kappa shape index (κ3) is 6.15. The summed E-state index contributed by atoms with van der Waals surface area (Å²) >= 11 is 0. The van der Waals surface area contributed by atoms with Crippen LogP contribution in [0.2, 0.25) is 0 Å². The lowest BCUT2D eigenvalue weighted by molar-refractivity contribution is 1.04. The van der Waals surface area contributed by atoms with Crippen molar-refractivity contribution in [3.63, 3.8) is 0 Å². The van der Waals surface area contributed by atoms with Gasteiger partial charge >= 0.3 is 0 Å². The van der Waals surface area contributed by atoms with Crippen molar-refractivity contribution in [2.75, 3.05) is 0 Å². The summed E-state index contributed by atoms with van der Waals surface area (Å²) in [5.41, 5.74) is 0. The molecule has 70 valence electrons. The number of rotatable bonds is 0. The van der Waals surface area contributed by atoms with Gasteiger partial charge in [0.15, 0.2) is 0 Å². The second-order valence-electron chi connectivity index (χ2n) is 3.19. The maximum Gasteiger partial charge on any atom is -0.0169 e. The number of hydrogen-bond donors (Lipinski definition) is 0. The zero-order chi connectivity index (χ0) is 9.19. The van der Waals surface area contributed by atoms with E-state index in [1.807, 2.05) is 0 Å². The molecule has 0 nitrogen and oxygen atoms in total. The Kier molecular flexibility index (Phi) is 5.87. The van der Waals surface area contributed by atoms with Crippen LogP contribution in [0.5, 0.6) is 0 Å². The summed E-state index contributed by atoms with van der Waals surface area (Å²) in [4.78, 5) is 0. The molecule has 0 unspecified atom stereocenters. The van der Waals surface area contributed by atoms with Crippen molar-refractivity contribution in [2.24, 2.45) is 0 Å². The smallest absolute Gasteiger partial charge is 0.0169 e. The van der Waals surface area contributed by atoms with Crippen molar-refractivity contribution < 1.29 is 0 Å². The van der Waals surface area contributed by atoms with E-state index in [1.165, 1.54) is 0 Å². The molecule has 0 heterocycles. The summed E-state index contributed by atoms with van der Waals surface area (Å²) < 4.78 is 0. The molecular weight excluding hydrogens is 156 g/mol. The fourth-order valence-corrected chi connectivity index (χ4v) is 1.24. The van der Waals surface area contributed by atoms with Gasteiger partial charge in [-0.2, -0.15) is 0 Å². The van der Waals surface area contributed by atoms with Gasteiger partial charge in [-0.05, 0) is 32.1 Å². The SMILES string of the molecule is C1=C\CC/C=C\C/C=C\CC/C=C/1. The van der Waals surface area contributed by atoms with Crippen LogP contribution in [0.15, 0.2) is 48.6 Å². The quantitative estimate of drug-likeness (QED) is 0.483. The molecule has 13 heavy (non-hydrogen) atoms. The van der Waals surface area contributed by atoms with E-state index in [-0.39, 0.29) is 0 Å². The highest BCUT2D eigenvalue weighted by Crippen LogP contribution is 1.99. The van der Waals surface area contributed by atoms with Gasteiger partial charge in [0.1, 0.15) is 0 Å². The highest BCUT2D eigenvalue weighted by Gasteiger charge is 1.79. The number of hydrogen-bond acceptors (Lipinski definition) is 0. The third-order valence-electron chi connectivity index (χ3n) is 1.99.